The van der Waals surface area contributed by atoms with E-state index < -0.39 is 11.0 Å². The van der Waals surface area contributed by atoms with E-state index in [0.717, 1.165) is 4.90 Å². The van der Waals surface area contributed by atoms with Crippen LogP contribution in [0.15, 0.2) is 30.3 Å². The average molecular weight is 279 g/mol. The molecular formula is C13H17N3O2S. The average Bonchev–Trinajstić information content (AvgIpc) is 2.27. The summed E-state index contributed by atoms with van der Waals surface area (Å²) in [7, 11) is 0. The molecule has 1 unspecified atom stereocenters. The van der Waals surface area contributed by atoms with Crippen molar-refractivity contribution < 1.29 is 9.59 Å². The van der Waals surface area contributed by atoms with Crippen LogP contribution in [0, 0.1) is 0 Å². The molecule has 4 amide bonds. The van der Waals surface area contributed by atoms with Gasteiger partial charge in [0.1, 0.15) is 0 Å². The highest BCUT2D eigenvalue weighted by Crippen LogP contribution is 2.29. The minimum Gasteiger partial charge on any atom is -0.306 e. The van der Waals surface area contributed by atoms with Gasteiger partial charge in [-0.15, -0.1) is 12.6 Å². The molecule has 2 rings (SSSR count). The molecular weight excluding hydrogens is 262 g/mol. The molecule has 0 aromatic heterocycles. The summed E-state index contributed by atoms with van der Waals surface area (Å²) in [4.78, 5) is 26.3. The van der Waals surface area contributed by atoms with Gasteiger partial charge in [0.05, 0.1) is 5.69 Å². The summed E-state index contributed by atoms with van der Waals surface area (Å²) < 4.78 is 0. The Labute approximate surface area is 118 Å². The van der Waals surface area contributed by atoms with E-state index in [4.69, 9.17) is 0 Å². The molecule has 0 spiro atoms. The van der Waals surface area contributed by atoms with Crippen molar-refractivity contribution in [3.8, 4) is 0 Å². The Morgan fingerprint density at radius 2 is 1.79 bits per heavy atom. The molecule has 1 heterocycles. The van der Waals surface area contributed by atoms with Crippen molar-refractivity contribution in [2.24, 2.45) is 0 Å². The summed E-state index contributed by atoms with van der Waals surface area (Å²) in [6.07, 6.45) is 0. The van der Waals surface area contributed by atoms with E-state index in [0.29, 0.717) is 5.69 Å². The van der Waals surface area contributed by atoms with Crippen molar-refractivity contribution in [3.05, 3.63) is 30.3 Å². The highest BCUT2D eigenvalue weighted by Gasteiger charge is 2.45. The molecule has 0 saturated carbocycles. The van der Waals surface area contributed by atoms with Gasteiger partial charge in [0.15, 0.2) is 4.99 Å². The Hall–Kier alpha value is -1.69. The van der Waals surface area contributed by atoms with Crippen LogP contribution in [0.2, 0.25) is 0 Å². The van der Waals surface area contributed by atoms with E-state index in [1.807, 2.05) is 19.9 Å². The van der Waals surface area contributed by atoms with Gasteiger partial charge in [-0.1, -0.05) is 18.2 Å². The Morgan fingerprint density at radius 1 is 1.21 bits per heavy atom. The molecule has 0 aliphatic carbocycles. The first-order valence-electron chi connectivity index (χ1n) is 6.07. The predicted octanol–water partition coefficient (Wildman–Crippen LogP) is 2.65. The third kappa shape index (κ3) is 2.40. The number of hydrogen-bond donors (Lipinski definition) is 2. The quantitative estimate of drug-likeness (QED) is 0.818. The molecule has 1 aromatic carbocycles. The Balaban J connectivity index is 2.42. The second kappa shape index (κ2) is 4.77. The third-order valence-electron chi connectivity index (χ3n) is 2.94. The van der Waals surface area contributed by atoms with Gasteiger partial charge in [0.2, 0.25) is 0 Å². The first-order chi connectivity index (χ1) is 8.84. The van der Waals surface area contributed by atoms with Gasteiger partial charge in [0.25, 0.3) is 0 Å². The minimum atomic E-state index is -0.992. The second-order valence-electron chi connectivity index (χ2n) is 4.87. The number of carbonyl (C=O) groups is 2. The molecule has 6 heteroatoms. The van der Waals surface area contributed by atoms with Crippen molar-refractivity contribution in [1.82, 2.24) is 10.2 Å². The van der Waals surface area contributed by atoms with E-state index in [9.17, 15) is 9.59 Å². The van der Waals surface area contributed by atoms with Crippen LogP contribution < -0.4 is 10.2 Å². The zero-order chi connectivity index (χ0) is 14.2. The van der Waals surface area contributed by atoms with Crippen LogP contribution in [0.3, 0.4) is 0 Å². The number of imide groups is 1. The van der Waals surface area contributed by atoms with E-state index in [2.05, 4.69) is 17.9 Å². The fourth-order valence-corrected chi connectivity index (χ4v) is 2.64. The number of para-hydroxylation sites is 1. The van der Waals surface area contributed by atoms with Crippen LogP contribution in [0.25, 0.3) is 0 Å². The van der Waals surface area contributed by atoms with Crippen molar-refractivity contribution in [2.45, 2.75) is 31.8 Å². The molecule has 1 aromatic rings. The van der Waals surface area contributed by atoms with Gasteiger partial charge in [-0.25, -0.2) is 14.5 Å². The molecule has 1 fully saturated rings. The summed E-state index contributed by atoms with van der Waals surface area (Å²) in [6, 6.07) is 7.91. The minimum absolute atomic E-state index is 0.0817. The van der Waals surface area contributed by atoms with Crippen LogP contribution in [-0.4, -0.2) is 28.0 Å². The van der Waals surface area contributed by atoms with Crippen LogP contribution in [0.5, 0.6) is 0 Å². The fraction of sp³-hybridized carbons (Fsp3) is 0.385. The third-order valence-corrected chi connectivity index (χ3v) is 3.27. The van der Waals surface area contributed by atoms with E-state index >= 15 is 0 Å². The monoisotopic (exact) mass is 279 g/mol. The summed E-state index contributed by atoms with van der Waals surface area (Å²) in [6.45, 7) is 5.45. The van der Waals surface area contributed by atoms with Gasteiger partial charge in [-0.2, -0.15) is 0 Å². The smallest absolute Gasteiger partial charge is 0.306 e. The Bertz CT molecular complexity index is 502. The number of nitrogens with zero attached hydrogens (tertiary/aromatic N) is 2. The van der Waals surface area contributed by atoms with Crippen molar-refractivity contribution in [2.75, 3.05) is 4.90 Å². The summed E-state index contributed by atoms with van der Waals surface area (Å²) >= 11 is 4.37. The van der Waals surface area contributed by atoms with Crippen LogP contribution >= 0.6 is 12.6 Å². The zero-order valence-corrected chi connectivity index (χ0v) is 12.0. The maximum atomic E-state index is 12.5. The summed E-state index contributed by atoms with van der Waals surface area (Å²) in [5.74, 6) is 0. The standard InChI is InChI=1S/C13H17N3O2S/c1-9(2)16-12(18)15(10-7-5-4-6-8-10)11(17)14-13(16,3)19/h4-9,19H,1-3H3,(H,14,17). The molecule has 19 heavy (non-hydrogen) atoms. The van der Waals surface area contributed by atoms with Crippen molar-refractivity contribution in [3.63, 3.8) is 0 Å². The molecule has 5 nitrogen and oxygen atoms in total. The van der Waals surface area contributed by atoms with Crippen LogP contribution in [0.4, 0.5) is 15.3 Å². The number of rotatable bonds is 2. The van der Waals surface area contributed by atoms with Gasteiger partial charge in [0, 0.05) is 6.04 Å². The van der Waals surface area contributed by atoms with Crippen molar-refractivity contribution in [1.29, 1.82) is 0 Å². The molecule has 1 saturated heterocycles. The number of anilines is 1. The lowest BCUT2D eigenvalue weighted by Crippen LogP contribution is -2.70. The number of benzene rings is 1. The van der Waals surface area contributed by atoms with Gasteiger partial charge >= 0.3 is 12.1 Å². The molecule has 0 radical (unpaired) electrons. The van der Waals surface area contributed by atoms with Gasteiger partial charge in [-0.3, -0.25) is 4.90 Å². The molecule has 1 N–H and O–H groups in total. The van der Waals surface area contributed by atoms with Crippen molar-refractivity contribution >= 4 is 30.4 Å². The maximum Gasteiger partial charge on any atom is 0.335 e. The van der Waals surface area contributed by atoms with E-state index in [1.54, 1.807) is 31.2 Å². The molecule has 1 aliphatic heterocycles. The first kappa shape index (κ1) is 13.7. The van der Waals surface area contributed by atoms with E-state index in [-0.39, 0.29) is 12.1 Å². The lowest BCUT2D eigenvalue weighted by molar-refractivity contribution is 0.127. The Morgan fingerprint density at radius 3 is 2.32 bits per heavy atom. The number of urea groups is 2. The van der Waals surface area contributed by atoms with Crippen LogP contribution in [-0.2, 0) is 0 Å². The predicted molar refractivity (Wildman–Crippen MR) is 77.2 cm³/mol. The number of nitrogens with one attached hydrogen (secondary N) is 1. The number of carbonyl (C=O) groups excluding carboxylic acids is 2. The molecule has 1 atom stereocenters. The number of hydrogen-bond acceptors (Lipinski definition) is 3. The Kier molecular flexibility index (Phi) is 3.45. The normalized spacial score (nSPS) is 23.8. The fourth-order valence-electron chi connectivity index (χ4n) is 2.23. The van der Waals surface area contributed by atoms with Crippen LogP contribution in [0.1, 0.15) is 20.8 Å². The zero-order valence-electron chi connectivity index (χ0n) is 11.1. The summed E-state index contributed by atoms with van der Waals surface area (Å²) in [5, 5.41) is 2.72. The largest absolute Gasteiger partial charge is 0.335 e. The number of thiol groups is 1. The highest BCUT2D eigenvalue weighted by atomic mass is 32.1. The maximum absolute atomic E-state index is 12.5. The second-order valence-corrected chi connectivity index (χ2v) is 5.74. The molecule has 0 bridgehead atoms. The molecule has 102 valence electrons. The SMILES string of the molecule is CC(C)N1C(=O)N(c2ccccc2)C(=O)NC1(C)S. The lowest BCUT2D eigenvalue weighted by Gasteiger charge is -2.47. The first-order valence-corrected chi connectivity index (χ1v) is 6.52. The summed E-state index contributed by atoms with van der Waals surface area (Å²) in [5.41, 5.74) is 0.541. The van der Waals surface area contributed by atoms with E-state index in [1.165, 1.54) is 4.90 Å². The topological polar surface area (TPSA) is 52.7 Å². The van der Waals surface area contributed by atoms with Gasteiger partial charge in [-0.05, 0) is 32.9 Å². The molecule has 1 aliphatic rings. The number of amides is 4. The highest BCUT2D eigenvalue weighted by molar-refractivity contribution is 7.81. The van der Waals surface area contributed by atoms with Gasteiger partial charge < -0.3 is 5.32 Å². The lowest BCUT2D eigenvalue weighted by atomic mass is 10.2.